The van der Waals surface area contributed by atoms with Crippen molar-refractivity contribution in [2.24, 2.45) is 0 Å². The number of ether oxygens (including phenoxy) is 1. The average molecular weight is 118 g/mol. The van der Waals surface area contributed by atoms with Gasteiger partial charge in [-0.1, -0.05) is 0 Å². The molecule has 0 saturated carbocycles. The van der Waals surface area contributed by atoms with Crippen LogP contribution in [0.4, 0.5) is 0 Å². The fraction of sp³-hybridized carbons (Fsp3) is 1.00. The van der Waals surface area contributed by atoms with Gasteiger partial charge in [-0.15, -0.1) is 0 Å². The van der Waals surface area contributed by atoms with Crippen molar-refractivity contribution in [3.8, 4) is 0 Å². The van der Waals surface area contributed by atoms with E-state index in [0.717, 1.165) is 12.8 Å². The monoisotopic (exact) mass is 118 g/mol. The Balaban J connectivity index is 1.95. The number of fused-ring (bicyclic) bond motifs is 1. The van der Waals surface area contributed by atoms with Gasteiger partial charge in [-0.05, 0) is 0 Å². The molecule has 2 heterocycles. The summed E-state index contributed by atoms with van der Waals surface area (Å²) >= 11 is 0. The van der Waals surface area contributed by atoms with Crippen LogP contribution in [0.3, 0.4) is 0 Å². The third-order valence-electron chi connectivity index (χ3n) is 1.32. The molecule has 2 aliphatic heterocycles. The average Bonchev–Trinajstić information content (AvgIpc) is 2.41. The zero-order chi connectivity index (χ0) is 4.69. The molecule has 2 aliphatic rings. The topological polar surface area (TPSA) is 21.8 Å². The van der Waals surface area contributed by atoms with Gasteiger partial charge in [0.2, 0.25) is 0 Å². The summed E-state index contributed by atoms with van der Waals surface area (Å²) in [5.74, 6) is 0. The Hall–Kier alpha value is 0.350. The van der Waals surface area contributed by atoms with Crippen LogP contribution in [0.1, 0.15) is 0 Å². The zero-order valence-corrected chi connectivity index (χ0v) is 4.89. The summed E-state index contributed by atoms with van der Waals surface area (Å²) in [6, 6.07) is 0. The largest absolute Gasteiger partial charge is 0.367 e. The minimum absolute atomic E-state index is 0.487. The summed E-state index contributed by atoms with van der Waals surface area (Å²) < 4.78 is 10.3. The maximum atomic E-state index is 5.16. The molecule has 2 nitrogen and oxygen atoms in total. The Morgan fingerprint density at radius 1 is 1.43 bits per heavy atom. The van der Waals surface area contributed by atoms with Crippen molar-refractivity contribution in [2.45, 2.75) is 12.2 Å². The molecule has 3 atom stereocenters. The van der Waals surface area contributed by atoms with Crippen LogP contribution < -0.4 is 0 Å². The number of hydrogen-bond acceptors (Lipinski definition) is 2. The van der Waals surface area contributed by atoms with Gasteiger partial charge in [0.25, 0.3) is 0 Å². The standard InChI is InChI=1S/C4H7O2P/c1-3-4(6-3)2-7-5-1/h3-4,7H,1-2H2/t3-,4-/m0/s1. The van der Waals surface area contributed by atoms with E-state index >= 15 is 0 Å². The van der Waals surface area contributed by atoms with Gasteiger partial charge in [-0.25, -0.2) is 0 Å². The lowest BCUT2D eigenvalue weighted by molar-refractivity contribution is 0.294. The van der Waals surface area contributed by atoms with Crippen molar-refractivity contribution in [3.63, 3.8) is 0 Å². The first-order chi connectivity index (χ1) is 3.47. The molecular weight excluding hydrogens is 111 g/mol. The van der Waals surface area contributed by atoms with Gasteiger partial charge in [-0.2, -0.15) is 0 Å². The van der Waals surface area contributed by atoms with Crippen LogP contribution in [0, 0.1) is 0 Å². The fourth-order valence-electron chi connectivity index (χ4n) is 0.787. The first kappa shape index (κ1) is 4.25. The Morgan fingerprint density at radius 2 is 2.43 bits per heavy atom. The minimum atomic E-state index is 0.487. The number of epoxide rings is 1. The highest BCUT2D eigenvalue weighted by Crippen LogP contribution is 2.35. The highest BCUT2D eigenvalue weighted by atomic mass is 31.1. The molecule has 0 aliphatic carbocycles. The van der Waals surface area contributed by atoms with Crippen LogP contribution in [-0.4, -0.2) is 25.0 Å². The van der Waals surface area contributed by atoms with Gasteiger partial charge < -0.3 is 9.26 Å². The third kappa shape index (κ3) is 0.674. The van der Waals surface area contributed by atoms with E-state index in [2.05, 4.69) is 0 Å². The molecule has 2 fully saturated rings. The van der Waals surface area contributed by atoms with Gasteiger partial charge in [-0.3, -0.25) is 0 Å². The summed E-state index contributed by atoms with van der Waals surface area (Å²) in [7, 11) is 0.699. The summed E-state index contributed by atoms with van der Waals surface area (Å²) in [6.07, 6.45) is 2.22. The molecule has 7 heavy (non-hydrogen) atoms. The molecule has 2 rings (SSSR count). The van der Waals surface area contributed by atoms with E-state index in [-0.39, 0.29) is 0 Å². The van der Waals surface area contributed by atoms with Crippen molar-refractivity contribution in [2.75, 3.05) is 12.8 Å². The molecule has 0 aromatic carbocycles. The zero-order valence-electron chi connectivity index (χ0n) is 3.89. The molecular formula is C4H7O2P. The summed E-state index contributed by atoms with van der Waals surface area (Å²) in [5, 5.41) is 0. The van der Waals surface area contributed by atoms with Crippen LogP contribution in [0.25, 0.3) is 0 Å². The van der Waals surface area contributed by atoms with Gasteiger partial charge in [0.15, 0.2) is 0 Å². The number of rotatable bonds is 0. The fourth-order valence-corrected chi connectivity index (χ4v) is 1.71. The molecule has 0 N–H and O–H groups in total. The predicted molar refractivity (Wildman–Crippen MR) is 27.8 cm³/mol. The van der Waals surface area contributed by atoms with Crippen molar-refractivity contribution in [3.05, 3.63) is 0 Å². The molecule has 0 radical (unpaired) electrons. The van der Waals surface area contributed by atoms with E-state index in [1.807, 2.05) is 0 Å². The molecule has 0 amide bonds. The van der Waals surface area contributed by atoms with E-state index in [0.29, 0.717) is 21.0 Å². The Bertz CT molecular complexity index is 75.8. The normalized spacial score (nSPS) is 51.4. The lowest BCUT2D eigenvalue weighted by Gasteiger charge is -2.03. The molecule has 0 aromatic rings. The van der Waals surface area contributed by atoms with E-state index < -0.39 is 0 Å². The van der Waals surface area contributed by atoms with Crippen molar-refractivity contribution < 1.29 is 9.26 Å². The molecule has 0 aromatic heterocycles. The molecule has 3 heteroatoms. The first-order valence-corrected chi connectivity index (χ1v) is 3.58. The van der Waals surface area contributed by atoms with Gasteiger partial charge in [0.1, 0.15) is 6.10 Å². The molecule has 1 unspecified atom stereocenters. The van der Waals surface area contributed by atoms with Crippen LogP contribution in [-0.2, 0) is 9.26 Å². The summed E-state index contributed by atoms with van der Waals surface area (Å²) in [4.78, 5) is 0. The summed E-state index contributed by atoms with van der Waals surface area (Å²) in [5.41, 5.74) is 0. The Morgan fingerprint density at radius 3 is 3.00 bits per heavy atom. The molecule has 40 valence electrons. The Labute approximate surface area is 44.1 Å². The van der Waals surface area contributed by atoms with Crippen molar-refractivity contribution in [1.82, 2.24) is 0 Å². The third-order valence-corrected chi connectivity index (χ3v) is 2.26. The van der Waals surface area contributed by atoms with E-state index in [1.54, 1.807) is 0 Å². The second kappa shape index (κ2) is 1.41. The predicted octanol–water partition coefficient (Wildman–Crippen LogP) is 0.377. The van der Waals surface area contributed by atoms with Crippen molar-refractivity contribution >= 4 is 8.81 Å². The van der Waals surface area contributed by atoms with Gasteiger partial charge in [0, 0.05) is 15.0 Å². The lowest BCUT2D eigenvalue weighted by Crippen LogP contribution is -2.07. The van der Waals surface area contributed by atoms with Crippen LogP contribution in [0.15, 0.2) is 0 Å². The van der Waals surface area contributed by atoms with Crippen LogP contribution in [0.5, 0.6) is 0 Å². The summed E-state index contributed by atoms with van der Waals surface area (Å²) in [6.45, 7) is 0.850. The molecule has 0 spiro atoms. The maximum absolute atomic E-state index is 5.16. The minimum Gasteiger partial charge on any atom is -0.367 e. The Kier molecular flexibility index (Phi) is 0.857. The highest BCUT2D eigenvalue weighted by Gasteiger charge is 2.41. The van der Waals surface area contributed by atoms with Gasteiger partial charge >= 0.3 is 0 Å². The van der Waals surface area contributed by atoms with Gasteiger partial charge in [0.05, 0.1) is 12.7 Å². The number of hydrogen-bond donors (Lipinski definition) is 0. The second-order valence-corrected chi connectivity index (χ2v) is 2.86. The maximum Gasteiger partial charge on any atom is 0.108 e. The highest BCUT2D eigenvalue weighted by molar-refractivity contribution is 7.32. The molecule has 2 saturated heterocycles. The van der Waals surface area contributed by atoms with E-state index in [9.17, 15) is 0 Å². The van der Waals surface area contributed by atoms with E-state index in [1.165, 1.54) is 0 Å². The lowest BCUT2D eigenvalue weighted by atomic mass is 10.4. The van der Waals surface area contributed by atoms with Crippen LogP contribution >= 0.6 is 8.81 Å². The first-order valence-electron chi connectivity index (χ1n) is 2.47. The van der Waals surface area contributed by atoms with Crippen molar-refractivity contribution in [1.29, 1.82) is 0 Å². The SMILES string of the molecule is C1OPC[C@@H]2O[C@@H]12. The quantitative estimate of drug-likeness (QED) is 0.338. The second-order valence-electron chi connectivity index (χ2n) is 1.87. The molecule has 0 bridgehead atoms. The smallest absolute Gasteiger partial charge is 0.108 e. The van der Waals surface area contributed by atoms with Crippen LogP contribution in [0.2, 0.25) is 0 Å². The van der Waals surface area contributed by atoms with E-state index in [4.69, 9.17) is 9.26 Å².